The molecule has 3 rings (SSSR count). The SMILES string of the molecule is COc1cc([C@@H](C)NC2CCC(c3ccc(O)c(C(F)(F)F)c3)C2)ccc1F. The van der Waals surface area contributed by atoms with Gasteiger partial charge in [0.05, 0.1) is 12.7 Å². The highest BCUT2D eigenvalue weighted by Gasteiger charge is 2.35. The molecule has 0 aromatic heterocycles. The highest BCUT2D eigenvalue weighted by Crippen LogP contribution is 2.41. The van der Waals surface area contributed by atoms with Gasteiger partial charge in [0.25, 0.3) is 0 Å². The molecule has 0 heterocycles. The minimum Gasteiger partial charge on any atom is -0.507 e. The molecule has 0 aliphatic heterocycles. The van der Waals surface area contributed by atoms with Crippen LogP contribution < -0.4 is 10.1 Å². The van der Waals surface area contributed by atoms with Crippen LogP contribution in [0.15, 0.2) is 36.4 Å². The third-order valence-corrected chi connectivity index (χ3v) is 5.39. The molecule has 28 heavy (non-hydrogen) atoms. The number of nitrogens with one attached hydrogen (secondary N) is 1. The van der Waals surface area contributed by atoms with Crippen LogP contribution in [-0.2, 0) is 6.18 Å². The van der Waals surface area contributed by atoms with Crippen LogP contribution in [0.2, 0.25) is 0 Å². The number of rotatable bonds is 5. The molecule has 0 radical (unpaired) electrons. The highest BCUT2D eigenvalue weighted by atomic mass is 19.4. The number of methoxy groups -OCH3 is 1. The molecule has 2 aromatic carbocycles. The predicted molar refractivity (Wildman–Crippen MR) is 98.0 cm³/mol. The van der Waals surface area contributed by atoms with E-state index in [0.717, 1.165) is 30.5 Å². The lowest BCUT2D eigenvalue weighted by atomic mass is 9.95. The molecule has 0 saturated heterocycles. The summed E-state index contributed by atoms with van der Waals surface area (Å²) in [7, 11) is 1.41. The minimum atomic E-state index is -4.58. The van der Waals surface area contributed by atoms with Crippen molar-refractivity contribution >= 4 is 0 Å². The molecular weight excluding hydrogens is 374 g/mol. The van der Waals surface area contributed by atoms with E-state index in [1.54, 1.807) is 18.2 Å². The van der Waals surface area contributed by atoms with Gasteiger partial charge in [-0.1, -0.05) is 12.1 Å². The molecule has 1 aliphatic carbocycles. The van der Waals surface area contributed by atoms with Crippen LogP contribution in [0.3, 0.4) is 0 Å². The Labute approximate surface area is 161 Å². The molecule has 152 valence electrons. The van der Waals surface area contributed by atoms with Crippen molar-refractivity contribution in [1.82, 2.24) is 5.32 Å². The molecule has 1 saturated carbocycles. The van der Waals surface area contributed by atoms with Gasteiger partial charge in [-0.2, -0.15) is 13.2 Å². The Bertz CT molecular complexity index is 838. The van der Waals surface area contributed by atoms with Crippen LogP contribution in [0.25, 0.3) is 0 Å². The molecule has 3 atom stereocenters. The van der Waals surface area contributed by atoms with Crippen LogP contribution >= 0.6 is 0 Å². The smallest absolute Gasteiger partial charge is 0.419 e. The third kappa shape index (κ3) is 4.41. The predicted octanol–water partition coefficient (Wildman–Crippen LogP) is 5.55. The Kier molecular flexibility index (Phi) is 5.84. The molecule has 1 aliphatic rings. The number of benzene rings is 2. The molecule has 2 N–H and O–H groups in total. The first-order chi connectivity index (χ1) is 13.2. The van der Waals surface area contributed by atoms with Gasteiger partial charge in [0.1, 0.15) is 5.75 Å². The molecule has 1 fully saturated rings. The van der Waals surface area contributed by atoms with Gasteiger partial charge >= 0.3 is 6.18 Å². The Balaban J connectivity index is 1.67. The van der Waals surface area contributed by atoms with Crippen molar-refractivity contribution in [1.29, 1.82) is 0 Å². The van der Waals surface area contributed by atoms with E-state index in [0.29, 0.717) is 12.0 Å². The van der Waals surface area contributed by atoms with E-state index in [4.69, 9.17) is 4.74 Å². The molecule has 2 aromatic rings. The van der Waals surface area contributed by atoms with E-state index in [1.165, 1.54) is 13.2 Å². The van der Waals surface area contributed by atoms with E-state index in [-0.39, 0.29) is 23.8 Å². The van der Waals surface area contributed by atoms with Gasteiger partial charge < -0.3 is 15.2 Å². The summed E-state index contributed by atoms with van der Waals surface area (Å²) in [4.78, 5) is 0. The Morgan fingerprint density at radius 1 is 1.14 bits per heavy atom. The Morgan fingerprint density at radius 3 is 2.57 bits per heavy atom. The summed E-state index contributed by atoms with van der Waals surface area (Å²) in [5.41, 5.74) is 0.476. The fraction of sp³-hybridized carbons (Fsp3) is 0.429. The van der Waals surface area contributed by atoms with Crippen molar-refractivity contribution in [3.8, 4) is 11.5 Å². The molecular formula is C21H23F4NO2. The lowest BCUT2D eigenvalue weighted by Gasteiger charge is -2.21. The third-order valence-electron chi connectivity index (χ3n) is 5.39. The first-order valence-electron chi connectivity index (χ1n) is 9.18. The van der Waals surface area contributed by atoms with E-state index in [2.05, 4.69) is 5.32 Å². The summed E-state index contributed by atoms with van der Waals surface area (Å²) < 4.78 is 57.7. The number of hydrogen-bond donors (Lipinski definition) is 2. The largest absolute Gasteiger partial charge is 0.507 e. The van der Waals surface area contributed by atoms with Crippen molar-refractivity contribution in [3.63, 3.8) is 0 Å². The molecule has 2 unspecified atom stereocenters. The standard InChI is InChI=1S/C21H23F4NO2/c1-12(13-4-7-18(22)20(11-13)28-2)26-16-6-3-14(9-16)15-5-8-19(27)17(10-15)21(23,24)25/h4-5,7-8,10-12,14,16,26-27H,3,6,9H2,1-2H3/t12-,14?,16?/m1/s1. The van der Waals surface area contributed by atoms with Gasteiger partial charge in [-0.15, -0.1) is 0 Å². The first-order valence-corrected chi connectivity index (χ1v) is 9.18. The monoisotopic (exact) mass is 397 g/mol. The van der Waals surface area contributed by atoms with E-state index in [9.17, 15) is 22.7 Å². The zero-order valence-corrected chi connectivity index (χ0v) is 15.7. The lowest BCUT2D eigenvalue weighted by Crippen LogP contribution is -2.29. The molecule has 3 nitrogen and oxygen atoms in total. The zero-order chi connectivity index (χ0) is 20.5. The van der Waals surface area contributed by atoms with E-state index >= 15 is 0 Å². The summed E-state index contributed by atoms with van der Waals surface area (Å²) in [5.74, 6) is -0.997. The number of phenolic OH excluding ortho intramolecular Hbond substituents is 1. The van der Waals surface area contributed by atoms with Crippen LogP contribution in [0.4, 0.5) is 17.6 Å². The van der Waals surface area contributed by atoms with Crippen LogP contribution in [0.1, 0.15) is 54.8 Å². The summed E-state index contributed by atoms with van der Waals surface area (Å²) in [6.45, 7) is 1.96. The van der Waals surface area contributed by atoms with E-state index < -0.39 is 23.3 Å². The fourth-order valence-corrected chi connectivity index (χ4v) is 3.87. The number of phenols is 1. The maximum absolute atomic E-state index is 13.6. The van der Waals surface area contributed by atoms with Crippen molar-refractivity contribution < 1.29 is 27.4 Å². The zero-order valence-electron chi connectivity index (χ0n) is 15.7. The normalized spacial score (nSPS) is 20.9. The topological polar surface area (TPSA) is 41.5 Å². The van der Waals surface area contributed by atoms with Crippen molar-refractivity contribution in [2.24, 2.45) is 0 Å². The summed E-state index contributed by atoms with van der Waals surface area (Å²) in [6, 6.07) is 8.52. The average molecular weight is 397 g/mol. The van der Waals surface area contributed by atoms with Gasteiger partial charge in [0.15, 0.2) is 11.6 Å². The molecule has 7 heteroatoms. The second-order valence-corrected chi connectivity index (χ2v) is 7.26. The number of aromatic hydroxyl groups is 1. The van der Waals surface area contributed by atoms with Gasteiger partial charge in [0.2, 0.25) is 0 Å². The van der Waals surface area contributed by atoms with Crippen molar-refractivity contribution in [3.05, 3.63) is 58.9 Å². The van der Waals surface area contributed by atoms with Gasteiger partial charge in [-0.05, 0) is 67.5 Å². The number of alkyl halides is 3. The summed E-state index contributed by atoms with van der Waals surface area (Å²) in [5, 5.41) is 13.0. The molecule has 0 spiro atoms. The summed E-state index contributed by atoms with van der Waals surface area (Å²) >= 11 is 0. The Hall–Kier alpha value is -2.28. The number of hydrogen-bond acceptors (Lipinski definition) is 3. The van der Waals surface area contributed by atoms with Crippen LogP contribution in [-0.4, -0.2) is 18.3 Å². The highest BCUT2D eigenvalue weighted by molar-refractivity contribution is 5.40. The van der Waals surface area contributed by atoms with Crippen LogP contribution in [0, 0.1) is 5.82 Å². The molecule has 0 amide bonds. The van der Waals surface area contributed by atoms with Crippen molar-refractivity contribution in [2.75, 3.05) is 7.11 Å². The second-order valence-electron chi connectivity index (χ2n) is 7.26. The number of ether oxygens (including phenoxy) is 1. The average Bonchev–Trinajstić information content (AvgIpc) is 3.10. The number of halogens is 4. The maximum Gasteiger partial charge on any atom is 0.419 e. The van der Waals surface area contributed by atoms with Crippen molar-refractivity contribution in [2.45, 2.75) is 50.4 Å². The molecule has 0 bridgehead atoms. The van der Waals surface area contributed by atoms with Gasteiger partial charge in [-0.3, -0.25) is 0 Å². The van der Waals surface area contributed by atoms with Gasteiger partial charge in [0, 0.05) is 12.1 Å². The first kappa shape index (κ1) is 20.5. The minimum absolute atomic E-state index is 0.00541. The van der Waals surface area contributed by atoms with Gasteiger partial charge in [-0.25, -0.2) is 4.39 Å². The summed E-state index contributed by atoms with van der Waals surface area (Å²) in [6.07, 6.45) is -2.29. The Morgan fingerprint density at radius 2 is 1.89 bits per heavy atom. The van der Waals surface area contributed by atoms with E-state index in [1.807, 2.05) is 6.92 Å². The maximum atomic E-state index is 13.6. The second kappa shape index (κ2) is 7.99. The lowest BCUT2D eigenvalue weighted by molar-refractivity contribution is -0.138. The van der Waals surface area contributed by atoms with Crippen LogP contribution in [0.5, 0.6) is 11.5 Å². The quantitative estimate of drug-likeness (QED) is 0.651. The fourth-order valence-electron chi connectivity index (χ4n) is 3.87.